The molecule has 9 nitrogen and oxygen atoms in total. The van der Waals surface area contributed by atoms with Crippen LogP contribution >= 0.6 is 0 Å². The van der Waals surface area contributed by atoms with Crippen molar-refractivity contribution in [1.29, 1.82) is 0 Å². The molecule has 0 aromatic carbocycles. The van der Waals surface area contributed by atoms with Crippen molar-refractivity contribution < 1.29 is 9.84 Å². The van der Waals surface area contributed by atoms with Crippen molar-refractivity contribution in [3.8, 4) is 0 Å². The maximum atomic E-state index is 11.6. The van der Waals surface area contributed by atoms with Crippen LogP contribution < -0.4 is 11.2 Å². The first kappa shape index (κ1) is 12.4. The molecule has 96 valence electrons. The first-order valence-corrected chi connectivity index (χ1v) is 5.23. The number of azide groups is 1. The van der Waals surface area contributed by atoms with Crippen molar-refractivity contribution in [1.82, 2.24) is 9.55 Å². The Morgan fingerprint density at radius 2 is 2.50 bits per heavy atom. The van der Waals surface area contributed by atoms with Gasteiger partial charge in [-0.3, -0.25) is 14.3 Å². The van der Waals surface area contributed by atoms with Crippen molar-refractivity contribution in [2.75, 3.05) is 13.2 Å². The fourth-order valence-electron chi connectivity index (χ4n) is 1.92. The molecule has 1 saturated heterocycles. The molecule has 1 fully saturated rings. The Labute approximate surface area is 100 Å². The topological polar surface area (TPSA) is 133 Å². The van der Waals surface area contributed by atoms with Crippen LogP contribution in [0.1, 0.15) is 12.5 Å². The number of ether oxygens (including phenoxy) is 1. The van der Waals surface area contributed by atoms with Crippen molar-refractivity contribution in [2.45, 2.75) is 18.2 Å². The van der Waals surface area contributed by atoms with E-state index in [2.05, 4.69) is 15.0 Å². The van der Waals surface area contributed by atoms with Gasteiger partial charge in [0.15, 0.2) is 5.72 Å². The van der Waals surface area contributed by atoms with E-state index >= 15 is 0 Å². The Hall–Kier alpha value is -2.09. The summed E-state index contributed by atoms with van der Waals surface area (Å²) >= 11 is 0. The van der Waals surface area contributed by atoms with Crippen molar-refractivity contribution in [3.05, 3.63) is 43.5 Å². The minimum Gasteiger partial charge on any atom is -0.393 e. The molecule has 1 aliphatic rings. The van der Waals surface area contributed by atoms with E-state index in [0.717, 1.165) is 0 Å². The van der Waals surface area contributed by atoms with Crippen LogP contribution in [0.15, 0.2) is 27.0 Å². The Balaban J connectivity index is 2.30. The molecule has 0 radical (unpaired) electrons. The molecule has 2 N–H and O–H groups in total. The lowest BCUT2D eigenvalue weighted by Crippen LogP contribution is -2.33. The van der Waals surface area contributed by atoms with Crippen LogP contribution in [0.25, 0.3) is 10.4 Å². The summed E-state index contributed by atoms with van der Waals surface area (Å²) in [4.78, 5) is 27.3. The molecular weight excluding hydrogens is 242 g/mol. The summed E-state index contributed by atoms with van der Waals surface area (Å²) in [6.07, 6.45) is 1.51. The van der Waals surface area contributed by atoms with E-state index in [-0.39, 0.29) is 13.0 Å². The van der Waals surface area contributed by atoms with Gasteiger partial charge in [0.2, 0.25) is 0 Å². The fraction of sp³-hybridized carbons (Fsp3) is 0.556. The largest absolute Gasteiger partial charge is 0.393 e. The van der Waals surface area contributed by atoms with Crippen LogP contribution in [0.2, 0.25) is 0 Å². The molecule has 18 heavy (non-hydrogen) atoms. The van der Waals surface area contributed by atoms with Gasteiger partial charge in [0.25, 0.3) is 5.56 Å². The third-order valence-corrected chi connectivity index (χ3v) is 2.82. The molecular formula is C9H11N5O4. The van der Waals surface area contributed by atoms with Gasteiger partial charge in [-0.1, -0.05) is 5.11 Å². The number of aromatic amines is 1. The maximum absolute atomic E-state index is 11.6. The Morgan fingerprint density at radius 3 is 3.11 bits per heavy atom. The van der Waals surface area contributed by atoms with E-state index in [1.807, 2.05) is 0 Å². The molecule has 0 bridgehead atoms. The molecule has 2 atom stereocenters. The van der Waals surface area contributed by atoms with Crippen molar-refractivity contribution >= 4 is 0 Å². The monoisotopic (exact) mass is 253 g/mol. The van der Waals surface area contributed by atoms with Gasteiger partial charge in [-0.2, -0.15) is 0 Å². The summed E-state index contributed by atoms with van der Waals surface area (Å²) in [5, 5.41) is 12.6. The lowest BCUT2D eigenvalue weighted by Gasteiger charge is -2.18. The second-order valence-corrected chi connectivity index (χ2v) is 3.98. The number of aliphatic hydroxyl groups excluding tert-OH is 1. The average Bonchev–Trinajstić information content (AvgIpc) is 2.74. The SMILES string of the molecule is [N-]=[N+]=N[C@]1(CO)C[C@@H](n2ccc(=O)[nH]c2=O)CO1. The van der Waals surface area contributed by atoms with Crippen LogP contribution in [0.3, 0.4) is 0 Å². The van der Waals surface area contributed by atoms with Gasteiger partial charge in [0.1, 0.15) is 0 Å². The third kappa shape index (κ3) is 2.14. The number of aliphatic hydroxyl groups is 1. The second kappa shape index (κ2) is 4.65. The predicted octanol–water partition coefficient (Wildman–Crippen LogP) is -0.503. The lowest BCUT2D eigenvalue weighted by molar-refractivity contribution is -0.0331. The Bertz CT molecular complexity index is 601. The summed E-state index contributed by atoms with van der Waals surface area (Å²) in [5.41, 5.74) is 6.03. The summed E-state index contributed by atoms with van der Waals surface area (Å²) in [7, 11) is 0. The highest BCUT2D eigenvalue weighted by molar-refractivity contribution is 4.93. The minimum atomic E-state index is -1.34. The fourth-order valence-corrected chi connectivity index (χ4v) is 1.92. The number of aromatic nitrogens is 2. The molecule has 0 saturated carbocycles. The van der Waals surface area contributed by atoms with Gasteiger partial charge in [-0.05, 0) is 5.53 Å². The highest BCUT2D eigenvalue weighted by Crippen LogP contribution is 2.33. The van der Waals surface area contributed by atoms with E-state index in [9.17, 15) is 14.7 Å². The number of rotatable bonds is 3. The average molecular weight is 253 g/mol. The number of nitrogens with one attached hydrogen (secondary N) is 1. The number of H-pyrrole nitrogens is 1. The van der Waals surface area contributed by atoms with Crippen LogP contribution in [0.4, 0.5) is 0 Å². The van der Waals surface area contributed by atoms with Crippen LogP contribution in [0.5, 0.6) is 0 Å². The minimum absolute atomic E-state index is 0.117. The second-order valence-electron chi connectivity index (χ2n) is 3.98. The summed E-state index contributed by atoms with van der Waals surface area (Å²) < 4.78 is 6.54. The summed E-state index contributed by atoms with van der Waals surface area (Å²) in [5.74, 6) is 0. The number of hydrogen-bond acceptors (Lipinski definition) is 5. The first-order chi connectivity index (χ1) is 8.60. The smallest absolute Gasteiger partial charge is 0.328 e. The number of nitrogens with zero attached hydrogens (tertiary/aromatic N) is 4. The lowest BCUT2D eigenvalue weighted by atomic mass is 10.1. The van der Waals surface area contributed by atoms with Gasteiger partial charge >= 0.3 is 5.69 Å². The molecule has 0 unspecified atom stereocenters. The van der Waals surface area contributed by atoms with E-state index in [1.54, 1.807) is 0 Å². The van der Waals surface area contributed by atoms with Crippen molar-refractivity contribution in [2.24, 2.45) is 5.11 Å². The molecule has 1 aromatic rings. The molecule has 2 rings (SSSR count). The van der Waals surface area contributed by atoms with Gasteiger partial charge in [0, 0.05) is 23.6 Å². The zero-order valence-electron chi connectivity index (χ0n) is 9.31. The van der Waals surface area contributed by atoms with Gasteiger partial charge < -0.3 is 9.84 Å². The predicted molar refractivity (Wildman–Crippen MR) is 59.9 cm³/mol. The Morgan fingerprint density at radius 1 is 1.72 bits per heavy atom. The molecule has 0 spiro atoms. The summed E-state index contributed by atoms with van der Waals surface area (Å²) in [6.45, 7) is -0.350. The van der Waals surface area contributed by atoms with Crippen LogP contribution in [-0.2, 0) is 4.74 Å². The van der Waals surface area contributed by atoms with E-state index in [0.29, 0.717) is 0 Å². The van der Waals surface area contributed by atoms with Gasteiger partial charge in [-0.25, -0.2) is 4.79 Å². The highest BCUT2D eigenvalue weighted by atomic mass is 16.5. The third-order valence-electron chi connectivity index (χ3n) is 2.82. The highest BCUT2D eigenvalue weighted by Gasteiger charge is 2.40. The maximum Gasteiger partial charge on any atom is 0.328 e. The first-order valence-electron chi connectivity index (χ1n) is 5.23. The number of hydrogen-bond donors (Lipinski definition) is 2. The zero-order chi connectivity index (χ0) is 13.2. The molecule has 2 heterocycles. The summed E-state index contributed by atoms with van der Waals surface area (Å²) in [6, 6.07) is 0.820. The van der Waals surface area contributed by atoms with Crippen molar-refractivity contribution in [3.63, 3.8) is 0 Å². The quantitative estimate of drug-likeness (QED) is 0.426. The van der Waals surface area contributed by atoms with Gasteiger partial charge in [-0.15, -0.1) is 0 Å². The molecule has 9 heteroatoms. The standard InChI is InChI=1S/C9H11N5O4/c10-13-12-9(5-15)3-6(4-18-9)14-2-1-7(16)11-8(14)17/h1-2,6,15H,3-5H2,(H,11,16,17)/t6-,9-/m1/s1. The molecule has 1 aliphatic heterocycles. The molecule has 0 amide bonds. The molecule has 0 aliphatic carbocycles. The van der Waals surface area contributed by atoms with E-state index in [4.69, 9.17) is 10.3 Å². The molecule has 1 aromatic heterocycles. The Kier molecular flexibility index (Phi) is 3.19. The normalized spacial score (nSPS) is 26.8. The zero-order valence-corrected chi connectivity index (χ0v) is 9.31. The van der Waals surface area contributed by atoms with E-state index < -0.39 is 29.6 Å². The van der Waals surface area contributed by atoms with Crippen LogP contribution in [0, 0.1) is 0 Å². The van der Waals surface area contributed by atoms with E-state index in [1.165, 1.54) is 16.8 Å². The van der Waals surface area contributed by atoms with Crippen LogP contribution in [-0.4, -0.2) is 33.6 Å². The van der Waals surface area contributed by atoms with Gasteiger partial charge in [0.05, 0.1) is 19.3 Å².